The first-order valence-corrected chi connectivity index (χ1v) is 11.2. The number of fused-ring (bicyclic) bond motifs is 1. The molecule has 0 unspecified atom stereocenters. The van der Waals surface area contributed by atoms with Gasteiger partial charge in [-0.15, -0.1) is 0 Å². The van der Waals surface area contributed by atoms with E-state index in [4.69, 9.17) is 0 Å². The van der Waals surface area contributed by atoms with E-state index in [1.165, 1.54) is 12.1 Å². The molecule has 1 atom stereocenters. The molecule has 3 aromatic rings. The van der Waals surface area contributed by atoms with Crippen LogP contribution in [0.2, 0.25) is 0 Å². The molecular weight excluding hydrogens is 414 g/mol. The number of hydrogen-bond donors (Lipinski definition) is 2. The van der Waals surface area contributed by atoms with E-state index in [-0.39, 0.29) is 24.1 Å². The first kappa shape index (κ1) is 20.9. The molecule has 1 saturated carbocycles. The standard InChI is InChI=1S/C24H26F2N4O2/c25-15-3-9-20(26)19(12-15)21-2-1-11-29(21)17-6-10-23-27-13-22(30(23)14-17)24(32)28-16-4-7-18(31)8-5-16/h3,6,9-10,12-14,16,18,21,31H,1-2,4-5,7-8,11H2,(H,28,32)/t16?,18?,21-/m0/s1. The molecule has 1 saturated heterocycles. The molecule has 2 aliphatic rings. The number of nitrogens with zero attached hydrogens (tertiary/aromatic N) is 3. The smallest absolute Gasteiger partial charge is 0.270 e. The minimum absolute atomic E-state index is 0.0403. The van der Waals surface area contributed by atoms with E-state index < -0.39 is 11.6 Å². The largest absolute Gasteiger partial charge is 0.393 e. The predicted molar refractivity (Wildman–Crippen MR) is 117 cm³/mol. The molecule has 0 radical (unpaired) electrons. The number of rotatable bonds is 4. The van der Waals surface area contributed by atoms with Crippen LogP contribution < -0.4 is 10.2 Å². The quantitative estimate of drug-likeness (QED) is 0.644. The van der Waals surface area contributed by atoms with Crippen LogP contribution in [-0.4, -0.2) is 39.1 Å². The lowest BCUT2D eigenvalue weighted by molar-refractivity contribution is 0.0862. The molecule has 0 spiro atoms. The van der Waals surface area contributed by atoms with Crippen molar-refractivity contribution >= 4 is 17.2 Å². The van der Waals surface area contributed by atoms with Gasteiger partial charge in [-0.2, -0.15) is 0 Å². The van der Waals surface area contributed by atoms with Gasteiger partial charge in [-0.1, -0.05) is 0 Å². The van der Waals surface area contributed by atoms with Crippen LogP contribution in [0.3, 0.4) is 0 Å². The maximum atomic E-state index is 14.5. The highest BCUT2D eigenvalue weighted by Crippen LogP contribution is 2.37. The summed E-state index contributed by atoms with van der Waals surface area (Å²) in [5.41, 5.74) is 2.26. The number of anilines is 1. The van der Waals surface area contributed by atoms with Crippen molar-refractivity contribution in [3.05, 3.63) is 65.6 Å². The molecule has 2 fully saturated rings. The van der Waals surface area contributed by atoms with Crippen LogP contribution in [0.4, 0.5) is 14.5 Å². The van der Waals surface area contributed by atoms with Crippen LogP contribution in [0.5, 0.6) is 0 Å². The summed E-state index contributed by atoms with van der Waals surface area (Å²) in [5.74, 6) is -1.07. The van der Waals surface area contributed by atoms with Crippen LogP contribution >= 0.6 is 0 Å². The Balaban J connectivity index is 1.42. The van der Waals surface area contributed by atoms with E-state index >= 15 is 0 Å². The van der Waals surface area contributed by atoms with E-state index in [2.05, 4.69) is 15.2 Å². The molecule has 1 amide bonds. The lowest BCUT2D eigenvalue weighted by atomic mass is 9.93. The summed E-state index contributed by atoms with van der Waals surface area (Å²) in [6, 6.07) is 7.09. The minimum atomic E-state index is -0.451. The SMILES string of the molecule is O=C(NC1CCC(O)CC1)c1cnc2ccc(N3CCC[C@H]3c3cc(F)ccc3F)cn12. The van der Waals surface area contributed by atoms with Crippen LogP contribution in [-0.2, 0) is 0 Å². The van der Waals surface area contributed by atoms with Crippen molar-refractivity contribution in [1.29, 1.82) is 0 Å². The second-order valence-corrected chi connectivity index (χ2v) is 8.76. The van der Waals surface area contributed by atoms with Gasteiger partial charge in [-0.3, -0.25) is 9.20 Å². The highest BCUT2D eigenvalue weighted by atomic mass is 19.1. The topological polar surface area (TPSA) is 69.9 Å². The van der Waals surface area contributed by atoms with Gasteiger partial charge < -0.3 is 15.3 Å². The molecule has 2 aromatic heterocycles. The summed E-state index contributed by atoms with van der Waals surface area (Å²) in [7, 11) is 0. The summed E-state index contributed by atoms with van der Waals surface area (Å²) < 4.78 is 30.0. The lowest BCUT2D eigenvalue weighted by Gasteiger charge is -2.28. The van der Waals surface area contributed by atoms with Crippen LogP contribution in [0.15, 0.2) is 42.7 Å². The zero-order chi connectivity index (χ0) is 22.2. The second kappa shape index (κ2) is 8.50. The maximum Gasteiger partial charge on any atom is 0.270 e. The van der Waals surface area contributed by atoms with E-state index in [1.54, 1.807) is 10.6 Å². The minimum Gasteiger partial charge on any atom is -0.393 e. The molecule has 168 valence electrons. The summed E-state index contributed by atoms with van der Waals surface area (Å²) >= 11 is 0. The average molecular weight is 440 g/mol. The number of benzene rings is 1. The molecule has 32 heavy (non-hydrogen) atoms. The van der Waals surface area contributed by atoms with Gasteiger partial charge in [0, 0.05) is 24.3 Å². The third-order valence-electron chi connectivity index (χ3n) is 6.66. The monoisotopic (exact) mass is 440 g/mol. The van der Waals surface area contributed by atoms with Gasteiger partial charge in [0.2, 0.25) is 0 Å². The van der Waals surface area contributed by atoms with Gasteiger partial charge in [-0.05, 0) is 68.9 Å². The number of aromatic nitrogens is 2. The van der Waals surface area contributed by atoms with Crippen LogP contribution in [0.25, 0.3) is 5.65 Å². The number of hydrogen-bond acceptors (Lipinski definition) is 4. The van der Waals surface area contributed by atoms with E-state index in [1.807, 2.05) is 18.3 Å². The Hall–Kier alpha value is -3.00. The summed E-state index contributed by atoms with van der Waals surface area (Å²) in [5, 5.41) is 12.7. The normalized spacial score (nSPS) is 23.6. The number of halogens is 2. The van der Waals surface area contributed by atoms with Crippen molar-refractivity contribution in [3.63, 3.8) is 0 Å². The van der Waals surface area contributed by atoms with Gasteiger partial charge in [0.25, 0.3) is 5.91 Å². The molecular formula is C24H26F2N4O2. The second-order valence-electron chi connectivity index (χ2n) is 8.76. The number of aliphatic hydroxyl groups excluding tert-OH is 1. The molecule has 0 bridgehead atoms. The molecule has 1 aromatic carbocycles. The van der Waals surface area contributed by atoms with Crippen molar-refractivity contribution in [1.82, 2.24) is 14.7 Å². The van der Waals surface area contributed by atoms with Gasteiger partial charge in [0.15, 0.2) is 0 Å². The number of pyridine rings is 1. The number of imidazole rings is 1. The van der Waals surface area contributed by atoms with Crippen molar-refractivity contribution in [2.24, 2.45) is 0 Å². The van der Waals surface area contributed by atoms with E-state index in [0.29, 0.717) is 36.3 Å². The Morgan fingerprint density at radius 1 is 1.09 bits per heavy atom. The first-order valence-electron chi connectivity index (χ1n) is 11.2. The Bertz CT molecular complexity index is 1140. The van der Waals surface area contributed by atoms with Crippen molar-refractivity contribution < 1.29 is 18.7 Å². The Labute approximate surface area is 184 Å². The molecule has 1 aliphatic heterocycles. The predicted octanol–water partition coefficient (Wildman–Crippen LogP) is 3.99. The zero-order valence-electron chi connectivity index (χ0n) is 17.7. The number of aliphatic hydroxyl groups is 1. The Morgan fingerprint density at radius 3 is 2.72 bits per heavy atom. The third kappa shape index (κ3) is 3.95. The van der Waals surface area contributed by atoms with Crippen molar-refractivity contribution in [3.8, 4) is 0 Å². The van der Waals surface area contributed by atoms with Gasteiger partial charge in [0.05, 0.1) is 24.0 Å². The summed E-state index contributed by atoms with van der Waals surface area (Å²) in [6.07, 6.45) is 7.60. The average Bonchev–Trinajstić information content (AvgIpc) is 3.43. The molecule has 1 aliphatic carbocycles. The van der Waals surface area contributed by atoms with Crippen molar-refractivity contribution in [2.45, 2.75) is 56.7 Å². The summed E-state index contributed by atoms with van der Waals surface area (Å²) in [4.78, 5) is 19.3. The Morgan fingerprint density at radius 2 is 1.91 bits per heavy atom. The van der Waals surface area contributed by atoms with E-state index in [0.717, 1.165) is 37.4 Å². The number of carbonyl (C=O) groups is 1. The van der Waals surface area contributed by atoms with Crippen LogP contribution in [0, 0.1) is 11.6 Å². The molecule has 3 heterocycles. The molecule has 5 rings (SSSR count). The third-order valence-corrected chi connectivity index (χ3v) is 6.66. The lowest BCUT2D eigenvalue weighted by Crippen LogP contribution is -2.39. The fourth-order valence-corrected chi connectivity index (χ4v) is 4.96. The number of nitrogens with one attached hydrogen (secondary N) is 1. The van der Waals surface area contributed by atoms with Crippen molar-refractivity contribution in [2.75, 3.05) is 11.4 Å². The zero-order valence-corrected chi connectivity index (χ0v) is 17.7. The van der Waals surface area contributed by atoms with Crippen LogP contribution in [0.1, 0.15) is 60.6 Å². The highest BCUT2D eigenvalue weighted by Gasteiger charge is 2.29. The van der Waals surface area contributed by atoms with Gasteiger partial charge in [0.1, 0.15) is 23.0 Å². The fraction of sp³-hybridized carbons (Fsp3) is 0.417. The first-order chi connectivity index (χ1) is 15.5. The highest BCUT2D eigenvalue weighted by molar-refractivity contribution is 5.93. The maximum absolute atomic E-state index is 14.5. The Kier molecular flexibility index (Phi) is 5.55. The molecule has 2 N–H and O–H groups in total. The molecule has 6 nitrogen and oxygen atoms in total. The summed E-state index contributed by atoms with van der Waals surface area (Å²) in [6.45, 7) is 0.715. The molecule has 8 heteroatoms. The number of carbonyl (C=O) groups excluding carboxylic acids is 1. The fourth-order valence-electron chi connectivity index (χ4n) is 4.96. The van der Waals surface area contributed by atoms with Gasteiger partial charge in [-0.25, -0.2) is 13.8 Å². The number of amides is 1. The van der Waals surface area contributed by atoms with E-state index in [9.17, 15) is 18.7 Å². The van der Waals surface area contributed by atoms with Gasteiger partial charge >= 0.3 is 0 Å².